The van der Waals surface area contributed by atoms with Crippen LogP contribution in [0.4, 0.5) is 4.39 Å². The van der Waals surface area contributed by atoms with E-state index in [2.05, 4.69) is 10.1 Å². The minimum absolute atomic E-state index is 0.187. The highest BCUT2D eigenvalue weighted by Gasteiger charge is 2.03. The van der Waals surface area contributed by atoms with Crippen molar-refractivity contribution in [2.45, 2.75) is 13.5 Å². The molecule has 2 rings (SSSR count). The van der Waals surface area contributed by atoms with Crippen LogP contribution >= 0.6 is 0 Å². The van der Waals surface area contributed by atoms with Crippen LogP contribution in [0.25, 0.3) is 0 Å². The van der Waals surface area contributed by atoms with Gasteiger partial charge in [0.2, 0.25) is 0 Å². The summed E-state index contributed by atoms with van der Waals surface area (Å²) in [5.74, 6) is 1.23. The molecule has 1 aromatic heterocycles. The van der Waals surface area contributed by atoms with E-state index in [0.717, 1.165) is 0 Å². The topological polar surface area (TPSA) is 48.2 Å². The van der Waals surface area contributed by atoms with E-state index in [1.807, 2.05) is 0 Å². The van der Waals surface area contributed by atoms with E-state index in [1.165, 1.54) is 12.1 Å². The van der Waals surface area contributed by atoms with Crippen molar-refractivity contribution in [2.24, 2.45) is 0 Å². The van der Waals surface area contributed by atoms with Gasteiger partial charge in [0.05, 0.1) is 0 Å². The molecule has 0 fully saturated rings. The third kappa shape index (κ3) is 2.52. The van der Waals surface area contributed by atoms with Gasteiger partial charge in [0.1, 0.15) is 11.6 Å². The van der Waals surface area contributed by atoms with Crippen molar-refractivity contribution in [3.05, 3.63) is 41.8 Å². The van der Waals surface area contributed by atoms with E-state index in [-0.39, 0.29) is 12.4 Å². The first-order chi connectivity index (χ1) is 7.24. The molecule has 15 heavy (non-hydrogen) atoms. The molecule has 0 radical (unpaired) electrons. The maximum atomic E-state index is 12.6. The molecule has 0 saturated heterocycles. The van der Waals surface area contributed by atoms with E-state index < -0.39 is 0 Å². The molecule has 0 aliphatic heterocycles. The number of hydrogen-bond donors (Lipinski definition) is 0. The number of aryl methyl sites for hydroxylation is 1. The maximum Gasteiger partial charge on any atom is 0.264 e. The van der Waals surface area contributed by atoms with E-state index >= 15 is 0 Å². The lowest BCUT2D eigenvalue weighted by Crippen LogP contribution is -1.95. The van der Waals surface area contributed by atoms with Crippen molar-refractivity contribution in [1.29, 1.82) is 0 Å². The molecule has 0 unspecified atom stereocenters. The van der Waals surface area contributed by atoms with Crippen LogP contribution < -0.4 is 4.74 Å². The van der Waals surface area contributed by atoms with Gasteiger partial charge in [-0.1, -0.05) is 5.16 Å². The van der Waals surface area contributed by atoms with Crippen LogP contribution in [0.3, 0.4) is 0 Å². The van der Waals surface area contributed by atoms with E-state index in [4.69, 9.17) is 9.26 Å². The van der Waals surface area contributed by atoms with Crippen LogP contribution in [0.15, 0.2) is 28.8 Å². The number of nitrogens with zero attached hydrogens (tertiary/aromatic N) is 2. The van der Waals surface area contributed by atoms with Gasteiger partial charge in [-0.2, -0.15) is 4.98 Å². The smallest absolute Gasteiger partial charge is 0.264 e. The molecule has 4 nitrogen and oxygen atoms in total. The van der Waals surface area contributed by atoms with E-state index in [0.29, 0.717) is 17.5 Å². The van der Waals surface area contributed by atoms with Crippen molar-refractivity contribution in [3.63, 3.8) is 0 Å². The maximum absolute atomic E-state index is 12.6. The van der Waals surface area contributed by atoms with Gasteiger partial charge in [0, 0.05) is 0 Å². The van der Waals surface area contributed by atoms with Crippen molar-refractivity contribution >= 4 is 0 Å². The van der Waals surface area contributed by atoms with Gasteiger partial charge in [-0.05, 0) is 31.2 Å². The summed E-state index contributed by atoms with van der Waals surface area (Å²) in [7, 11) is 0. The van der Waals surface area contributed by atoms with Crippen LogP contribution in [0.1, 0.15) is 11.7 Å². The Bertz CT molecular complexity index is 439. The Labute approximate surface area is 85.7 Å². The minimum Gasteiger partial charge on any atom is -0.484 e. The summed E-state index contributed by atoms with van der Waals surface area (Å²) in [6.45, 7) is 1.91. The fourth-order valence-electron chi connectivity index (χ4n) is 1.07. The summed E-state index contributed by atoms with van der Waals surface area (Å²) in [6.07, 6.45) is 0. The second kappa shape index (κ2) is 4.08. The van der Waals surface area contributed by atoms with Crippen LogP contribution in [0.2, 0.25) is 0 Å². The number of ether oxygens (including phenoxy) is 1. The van der Waals surface area contributed by atoms with Gasteiger partial charge in [-0.3, -0.25) is 0 Å². The highest BCUT2D eigenvalue weighted by atomic mass is 19.1. The lowest BCUT2D eigenvalue weighted by Gasteiger charge is -2.01. The van der Waals surface area contributed by atoms with E-state index in [1.54, 1.807) is 19.1 Å². The number of rotatable bonds is 3. The third-order valence-corrected chi connectivity index (χ3v) is 1.75. The van der Waals surface area contributed by atoms with Crippen molar-refractivity contribution in [2.75, 3.05) is 0 Å². The number of benzene rings is 1. The third-order valence-electron chi connectivity index (χ3n) is 1.75. The molecular formula is C10H9FN2O2. The molecule has 0 N–H and O–H groups in total. The van der Waals surface area contributed by atoms with Gasteiger partial charge >= 0.3 is 0 Å². The molecule has 0 saturated carbocycles. The van der Waals surface area contributed by atoms with Crippen LogP contribution in [0.5, 0.6) is 5.75 Å². The zero-order chi connectivity index (χ0) is 10.7. The summed E-state index contributed by atoms with van der Waals surface area (Å²) in [5.41, 5.74) is 0. The van der Waals surface area contributed by atoms with Gasteiger partial charge in [0.25, 0.3) is 5.89 Å². The SMILES string of the molecule is Cc1noc(COc2ccc(F)cc2)n1. The second-order valence-corrected chi connectivity index (χ2v) is 2.98. The Morgan fingerprint density at radius 3 is 2.67 bits per heavy atom. The second-order valence-electron chi connectivity index (χ2n) is 2.98. The van der Waals surface area contributed by atoms with Gasteiger partial charge < -0.3 is 9.26 Å². The first-order valence-corrected chi connectivity index (χ1v) is 4.41. The van der Waals surface area contributed by atoms with Crippen LogP contribution in [-0.4, -0.2) is 10.1 Å². The molecule has 0 aliphatic rings. The molecule has 0 spiro atoms. The standard InChI is InChI=1S/C10H9FN2O2/c1-7-12-10(15-13-7)6-14-9-4-2-8(11)3-5-9/h2-5H,6H2,1H3. The molecule has 2 aromatic rings. The largest absolute Gasteiger partial charge is 0.484 e. The molecule has 0 amide bonds. The Morgan fingerprint density at radius 2 is 2.07 bits per heavy atom. The first kappa shape index (κ1) is 9.64. The number of aromatic nitrogens is 2. The lowest BCUT2D eigenvalue weighted by atomic mass is 10.3. The molecule has 1 heterocycles. The normalized spacial score (nSPS) is 10.3. The molecular weight excluding hydrogens is 199 g/mol. The summed E-state index contributed by atoms with van der Waals surface area (Å²) in [4.78, 5) is 3.97. The molecule has 78 valence electrons. The molecule has 0 aliphatic carbocycles. The van der Waals surface area contributed by atoms with Crippen LogP contribution in [-0.2, 0) is 6.61 Å². The average Bonchev–Trinajstić information content (AvgIpc) is 2.64. The Morgan fingerprint density at radius 1 is 1.33 bits per heavy atom. The van der Waals surface area contributed by atoms with Crippen LogP contribution in [0, 0.1) is 12.7 Å². The summed E-state index contributed by atoms with van der Waals surface area (Å²) >= 11 is 0. The van der Waals surface area contributed by atoms with Gasteiger partial charge in [-0.15, -0.1) is 0 Å². The van der Waals surface area contributed by atoms with Crippen molar-refractivity contribution in [1.82, 2.24) is 10.1 Å². The predicted molar refractivity (Wildman–Crippen MR) is 49.8 cm³/mol. The molecule has 0 atom stereocenters. The van der Waals surface area contributed by atoms with Crippen molar-refractivity contribution < 1.29 is 13.7 Å². The summed E-state index contributed by atoms with van der Waals surface area (Å²) in [6, 6.07) is 5.74. The fourth-order valence-corrected chi connectivity index (χ4v) is 1.07. The van der Waals surface area contributed by atoms with Crippen molar-refractivity contribution in [3.8, 4) is 5.75 Å². The minimum atomic E-state index is -0.295. The Balaban J connectivity index is 1.96. The zero-order valence-corrected chi connectivity index (χ0v) is 8.11. The highest BCUT2D eigenvalue weighted by Crippen LogP contribution is 2.12. The molecule has 5 heteroatoms. The van der Waals surface area contributed by atoms with Gasteiger partial charge in [0.15, 0.2) is 12.4 Å². The predicted octanol–water partition coefficient (Wildman–Crippen LogP) is 2.10. The molecule has 0 bridgehead atoms. The Kier molecular flexibility index (Phi) is 2.62. The monoisotopic (exact) mass is 208 g/mol. The summed E-state index contributed by atoms with van der Waals surface area (Å²) < 4.78 is 22.7. The lowest BCUT2D eigenvalue weighted by molar-refractivity contribution is 0.242. The fraction of sp³-hybridized carbons (Fsp3) is 0.200. The van der Waals surface area contributed by atoms with E-state index in [9.17, 15) is 4.39 Å². The van der Waals surface area contributed by atoms with Gasteiger partial charge in [-0.25, -0.2) is 4.39 Å². The highest BCUT2D eigenvalue weighted by molar-refractivity contribution is 5.22. The number of halogens is 1. The Hall–Kier alpha value is -1.91. The molecule has 1 aromatic carbocycles. The number of hydrogen-bond acceptors (Lipinski definition) is 4. The quantitative estimate of drug-likeness (QED) is 0.774. The average molecular weight is 208 g/mol. The first-order valence-electron chi connectivity index (χ1n) is 4.41. The zero-order valence-electron chi connectivity index (χ0n) is 8.11. The summed E-state index contributed by atoms with van der Waals surface area (Å²) in [5, 5.41) is 3.62.